The highest BCUT2D eigenvalue weighted by Gasteiger charge is 2.10. The average molecular weight is 225 g/mol. The van der Waals surface area contributed by atoms with Gasteiger partial charge in [-0.05, 0) is 18.2 Å². The molecule has 1 atom stereocenters. The van der Waals surface area contributed by atoms with Crippen LogP contribution in [0.1, 0.15) is 25.0 Å². The third-order valence-corrected chi connectivity index (χ3v) is 3.65. The number of nitrogens with zero attached hydrogens (tertiary/aromatic N) is 1. The van der Waals surface area contributed by atoms with E-state index in [1.807, 2.05) is 19.9 Å². The summed E-state index contributed by atoms with van der Waals surface area (Å²) >= 11 is 0. The fraction of sp³-hybridized carbons (Fsp3) is 0.364. The van der Waals surface area contributed by atoms with Crippen molar-refractivity contribution < 1.29 is 8.60 Å². The van der Waals surface area contributed by atoms with Gasteiger partial charge in [-0.15, -0.1) is 0 Å². The Bertz CT molecular complexity index is 423. The molecule has 0 fully saturated rings. The summed E-state index contributed by atoms with van der Waals surface area (Å²) in [5.41, 5.74) is 0.744. The highest BCUT2D eigenvalue weighted by Crippen LogP contribution is 2.13. The Morgan fingerprint density at radius 3 is 2.73 bits per heavy atom. The molecule has 0 radical (unpaired) electrons. The highest BCUT2D eigenvalue weighted by atomic mass is 32.2. The van der Waals surface area contributed by atoms with Crippen LogP contribution in [-0.2, 0) is 16.6 Å². The molecule has 15 heavy (non-hydrogen) atoms. The number of halogens is 1. The zero-order chi connectivity index (χ0) is 11.4. The van der Waals surface area contributed by atoms with Gasteiger partial charge < -0.3 is 0 Å². The van der Waals surface area contributed by atoms with Crippen molar-refractivity contribution in [3.63, 3.8) is 0 Å². The van der Waals surface area contributed by atoms with Gasteiger partial charge in [-0.1, -0.05) is 13.8 Å². The maximum absolute atomic E-state index is 13.3. The van der Waals surface area contributed by atoms with E-state index in [4.69, 9.17) is 5.26 Å². The summed E-state index contributed by atoms with van der Waals surface area (Å²) in [6, 6.07) is 6.04. The first-order chi connectivity index (χ1) is 7.04. The third kappa shape index (κ3) is 3.14. The summed E-state index contributed by atoms with van der Waals surface area (Å²) in [5.74, 6) is -0.234. The van der Waals surface area contributed by atoms with E-state index in [0.29, 0.717) is 11.1 Å². The molecule has 1 unspecified atom stereocenters. The minimum absolute atomic E-state index is 0.00450. The van der Waals surface area contributed by atoms with Gasteiger partial charge >= 0.3 is 0 Å². The van der Waals surface area contributed by atoms with Gasteiger partial charge in [-0.2, -0.15) is 5.26 Å². The van der Waals surface area contributed by atoms with Crippen molar-refractivity contribution in [3.8, 4) is 6.07 Å². The normalized spacial score (nSPS) is 12.5. The molecule has 2 nitrogen and oxygen atoms in total. The predicted octanol–water partition coefficient (Wildman–Crippen LogP) is 2.35. The molecule has 0 amide bonds. The van der Waals surface area contributed by atoms with Crippen molar-refractivity contribution in [1.82, 2.24) is 0 Å². The second kappa shape index (κ2) is 5.04. The first-order valence-electron chi connectivity index (χ1n) is 4.60. The van der Waals surface area contributed by atoms with Gasteiger partial charge in [0.1, 0.15) is 5.82 Å². The number of nitriles is 1. The Labute approximate surface area is 91.2 Å². The summed E-state index contributed by atoms with van der Waals surface area (Å²) in [5, 5.41) is 8.64. The Balaban J connectivity index is 2.94. The first-order valence-corrected chi connectivity index (χ1v) is 5.98. The van der Waals surface area contributed by atoms with E-state index in [9.17, 15) is 8.60 Å². The molecule has 0 aliphatic rings. The lowest BCUT2D eigenvalue weighted by molar-refractivity contribution is 0.614. The minimum atomic E-state index is -1.09. The summed E-state index contributed by atoms with van der Waals surface area (Å²) in [7, 11) is -1.09. The molecule has 0 aromatic heterocycles. The first kappa shape index (κ1) is 11.9. The SMILES string of the molecule is CC(C)S(=O)Cc1cc(C#N)ccc1F. The van der Waals surface area contributed by atoms with E-state index < -0.39 is 16.6 Å². The van der Waals surface area contributed by atoms with Gasteiger partial charge in [-0.3, -0.25) is 4.21 Å². The van der Waals surface area contributed by atoms with Crippen LogP contribution in [0, 0.1) is 17.1 Å². The van der Waals surface area contributed by atoms with E-state index >= 15 is 0 Å². The Kier molecular flexibility index (Phi) is 3.98. The van der Waals surface area contributed by atoms with E-state index in [0.717, 1.165) is 0 Å². The van der Waals surface area contributed by atoms with Crippen LogP contribution in [0.15, 0.2) is 18.2 Å². The molecule has 0 aliphatic carbocycles. The molecule has 0 saturated heterocycles. The Morgan fingerprint density at radius 1 is 1.53 bits per heavy atom. The van der Waals surface area contributed by atoms with Crippen LogP contribution in [0.5, 0.6) is 0 Å². The fourth-order valence-corrected chi connectivity index (χ4v) is 1.94. The topological polar surface area (TPSA) is 40.9 Å². The molecular formula is C11H12FNOS. The minimum Gasteiger partial charge on any atom is -0.259 e. The van der Waals surface area contributed by atoms with Gasteiger partial charge in [0.25, 0.3) is 0 Å². The van der Waals surface area contributed by atoms with Crippen molar-refractivity contribution in [2.75, 3.05) is 0 Å². The number of rotatable bonds is 3. The van der Waals surface area contributed by atoms with Gasteiger partial charge in [-0.25, -0.2) is 4.39 Å². The molecule has 4 heteroatoms. The summed E-state index contributed by atoms with van der Waals surface area (Å²) in [6.07, 6.45) is 0. The van der Waals surface area contributed by atoms with Crippen molar-refractivity contribution >= 4 is 10.8 Å². The molecule has 0 saturated carbocycles. The number of benzene rings is 1. The van der Waals surface area contributed by atoms with E-state index in [1.54, 1.807) is 0 Å². The van der Waals surface area contributed by atoms with Gasteiger partial charge in [0.05, 0.1) is 17.4 Å². The highest BCUT2D eigenvalue weighted by molar-refractivity contribution is 7.84. The van der Waals surface area contributed by atoms with Gasteiger partial charge in [0, 0.05) is 21.6 Å². The smallest absolute Gasteiger partial charge is 0.127 e. The summed E-state index contributed by atoms with van der Waals surface area (Å²) < 4.78 is 24.8. The van der Waals surface area contributed by atoms with Crippen molar-refractivity contribution in [3.05, 3.63) is 35.1 Å². The van der Waals surface area contributed by atoms with Gasteiger partial charge in [0.15, 0.2) is 0 Å². The zero-order valence-electron chi connectivity index (χ0n) is 8.66. The van der Waals surface area contributed by atoms with E-state index in [-0.39, 0.29) is 11.0 Å². The van der Waals surface area contributed by atoms with Crippen LogP contribution in [0.4, 0.5) is 4.39 Å². The van der Waals surface area contributed by atoms with E-state index in [1.165, 1.54) is 18.2 Å². The molecule has 1 aromatic rings. The molecule has 80 valence electrons. The molecule has 0 spiro atoms. The average Bonchev–Trinajstić information content (AvgIpc) is 2.21. The second-order valence-electron chi connectivity index (χ2n) is 3.49. The largest absolute Gasteiger partial charge is 0.259 e. The van der Waals surface area contributed by atoms with Crippen molar-refractivity contribution in [2.24, 2.45) is 0 Å². The number of hydrogen-bond acceptors (Lipinski definition) is 2. The monoisotopic (exact) mass is 225 g/mol. The summed E-state index contributed by atoms with van der Waals surface area (Å²) in [6.45, 7) is 3.64. The predicted molar refractivity (Wildman–Crippen MR) is 58.1 cm³/mol. The standard InChI is InChI=1S/C11H12FNOS/c1-8(2)15(14)7-10-5-9(6-13)3-4-11(10)12/h3-5,8H,7H2,1-2H3. The number of hydrogen-bond donors (Lipinski definition) is 0. The molecule has 0 aliphatic heterocycles. The lowest BCUT2D eigenvalue weighted by Crippen LogP contribution is -2.09. The quantitative estimate of drug-likeness (QED) is 0.792. The Morgan fingerprint density at radius 2 is 2.20 bits per heavy atom. The van der Waals surface area contributed by atoms with Crippen LogP contribution in [0.2, 0.25) is 0 Å². The zero-order valence-corrected chi connectivity index (χ0v) is 9.47. The maximum Gasteiger partial charge on any atom is 0.127 e. The lowest BCUT2D eigenvalue weighted by Gasteiger charge is -2.06. The maximum atomic E-state index is 13.3. The second-order valence-corrected chi connectivity index (χ2v) is 5.48. The fourth-order valence-electron chi connectivity index (χ4n) is 1.07. The van der Waals surface area contributed by atoms with Crippen molar-refractivity contribution in [1.29, 1.82) is 5.26 Å². The molecule has 0 heterocycles. The molecule has 0 N–H and O–H groups in total. The van der Waals surface area contributed by atoms with Crippen LogP contribution in [0.25, 0.3) is 0 Å². The molecular weight excluding hydrogens is 213 g/mol. The van der Waals surface area contributed by atoms with Crippen LogP contribution in [0.3, 0.4) is 0 Å². The van der Waals surface area contributed by atoms with E-state index in [2.05, 4.69) is 0 Å². The Hall–Kier alpha value is -1.21. The molecule has 0 bridgehead atoms. The van der Waals surface area contributed by atoms with Gasteiger partial charge in [0.2, 0.25) is 0 Å². The van der Waals surface area contributed by atoms with Crippen molar-refractivity contribution in [2.45, 2.75) is 24.9 Å². The summed E-state index contributed by atoms with van der Waals surface area (Å²) in [4.78, 5) is 0. The van der Waals surface area contributed by atoms with Crippen LogP contribution < -0.4 is 0 Å². The van der Waals surface area contributed by atoms with Crippen LogP contribution >= 0.6 is 0 Å². The molecule has 1 aromatic carbocycles. The van der Waals surface area contributed by atoms with Crippen LogP contribution in [-0.4, -0.2) is 9.46 Å². The lowest BCUT2D eigenvalue weighted by atomic mass is 10.1. The molecule has 1 rings (SSSR count). The third-order valence-electron chi connectivity index (χ3n) is 2.00.